The molecule has 166 valence electrons. The molecule has 0 aromatic heterocycles. The van der Waals surface area contributed by atoms with E-state index in [1.807, 2.05) is 45.0 Å². The molecular formula is C26H33NO4. The molecule has 0 atom stereocenters. The summed E-state index contributed by atoms with van der Waals surface area (Å²) in [5.41, 5.74) is 5.23. The molecule has 0 aliphatic carbocycles. The van der Waals surface area contributed by atoms with Gasteiger partial charge in [0, 0.05) is 23.7 Å². The average molecular weight is 424 g/mol. The van der Waals surface area contributed by atoms with Crippen LogP contribution in [0, 0.1) is 6.92 Å². The Bertz CT molecular complexity index is 993. The highest BCUT2D eigenvalue weighted by molar-refractivity contribution is 5.91. The van der Waals surface area contributed by atoms with Gasteiger partial charge in [0.25, 0.3) is 0 Å². The van der Waals surface area contributed by atoms with E-state index in [2.05, 4.69) is 13.5 Å². The van der Waals surface area contributed by atoms with Crippen LogP contribution in [-0.2, 0) is 17.7 Å². The molecule has 1 N–H and O–H groups in total. The van der Waals surface area contributed by atoms with Gasteiger partial charge in [-0.15, -0.1) is 0 Å². The fourth-order valence-corrected chi connectivity index (χ4v) is 3.93. The minimum atomic E-state index is -0.410. The Morgan fingerprint density at radius 2 is 1.97 bits per heavy atom. The molecule has 1 aliphatic heterocycles. The first kappa shape index (κ1) is 22.7. The summed E-state index contributed by atoms with van der Waals surface area (Å²) in [6.45, 7) is 12.1. The molecule has 0 fully saturated rings. The molecule has 1 heterocycles. The zero-order chi connectivity index (χ0) is 22.7. The molecule has 0 radical (unpaired) electrons. The van der Waals surface area contributed by atoms with Gasteiger partial charge in [0.15, 0.2) is 0 Å². The number of hydrogen-bond donors (Lipinski definition) is 1. The quantitative estimate of drug-likeness (QED) is 0.521. The Morgan fingerprint density at radius 3 is 2.65 bits per heavy atom. The second-order valence-electron chi connectivity index (χ2n) is 8.56. The first-order valence-electron chi connectivity index (χ1n) is 11.0. The summed E-state index contributed by atoms with van der Waals surface area (Å²) in [4.78, 5) is 13.9. The van der Waals surface area contributed by atoms with Crippen molar-refractivity contribution in [3.8, 4) is 22.6 Å². The van der Waals surface area contributed by atoms with Crippen LogP contribution in [0.5, 0.6) is 11.5 Å². The predicted octanol–water partition coefficient (Wildman–Crippen LogP) is 6.44. The number of aryl methyl sites for hydroxylation is 2. The lowest BCUT2D eigenvalue weighted by Crippen LogP contribution is -2.29. The number of aromatic hydroxyl groups is 1. The lowest BCUT2D eigenvalue weighted by molar-refractivity contribution is 0.0820. The number of carbonyl (C=O) groups excluding carboxylic acids is 1. The second-order valence-corrected chi connectivity index (χ2v) is 8.56. The molecule has 31 heavy (non-hydrogen) atoms. The molecule has 0 spiro atoms. The van der Waals surface area contributed by atoms with Crippen molar-refractivity contribution in [3.05, 3.63) is 53.1 Å². The van der Waals surface area contributed by atoms with Gasteiger partial charge in [-0.3, -0.25) is 0 Å². The van der Waals surface area contributed by atoms with Crippen molar-refractivity contribution in [2.45, 2.75) is 66.0 Å². The predicted molar refractivity (Wildman–Crippen MR) is 124 cm³/mol. The number of carbonyl (C=O) groups is 1. The molecule has 0 unspecified atom stereocenters. The fourth-order valence-electron chi connectivity index (χ4n) is 3.93. The van der Waals surface area contributed by atoms with Crippen molar-refractivity contribution >= 4 is 11.9 Å². The van der Waals surface area contributed by atoms with E-state index in [1.54, 1.807) is 7.05 Å². The minimum Gasteiger partial charge on any atom is -0.507 e. The Kier molecular flexibility index (Phi) is 6.94. The van der Waals surface area contributed by atoms with Crippen LogP contribution in [0.15, 0.2) is 30.8 Å². The van der Waals surface area contributed by atoms with Crippen LogP contribution in [0.25, 0.3) is 16.9 Å². The van der Waals surface area contributed by atoms with Crippen molar-refractivity contribution in [2.24, 2.45) is 0 Å². The van der Waals surface area contributed by atoms with Gasteiger partial charge in [-0.25, -0.2) is 4.79 Å². The van der Waals surface area contributed by atoms with E-state index < -0.39 is 6.09 Å². The Balaban J connectivity index is 2.09. The van der Waals surface area contributed by atoms with Gasteiger partial charge in [-0.2, -0.15) is 0 Å². The number of benzene rings is 2. The van der Waals surface area contributed by atoms with Crippen molar-refractivity contribution < 1.29 is 19.4 Å². The van der Waals surface area contributed by atoms with Gasteiger partial charge in [0.05, 0.1) is 18.2 Å². The van der Waals surface area contributed by atoms with Crippen LogP contribution in [0.2, 0.25) is 0 Å². The van der Waals surface area contributed by atoms with Crippen LogP contribution >= 0.6 is 0 Å². The number of rotatable bonds is 7. The van der Waals surface area contributed by atoms with Gasteiger partial charge in [-0.05, 0) is 45.2 Å². The van der Waals surface area contributed by atoms with Gasteiger partial charge in [-0.1, -0.05) is 50.1 Å². The molecule has 1 aliphatic rings. The van der Waals surface area contributed by atoms with E-state index in [0.717, 1.165) is 53.5 Å². The molecule has 2 aromatic rings. The third kappa shape index (κ3) is 4.87. The molecular weight excluding hydrogens is 390 g/mol. The Hall–Kier alpha value is -2.95. The lowest BCUT2D eigenvalue weighted by Gasteiger charge is -2.27. The monoisotopic (exact) mass is 423 g/mol. The molecule has 3 rings (SSSR count). The number of unbranched alkanes of at least 4 members (excludes halogenated alkanes) is 2. The van der Waals surface area contributed by atoms with Crippen LogP contribution in [0.4, 0.5) is 4.79 Å². The molecule has 0 saturated heterocycles. The standard InChI is InChI=1S/C26H33NO4/c1-7-8-9-10-19-14-23-24(21-13-17(4)11-12-20(21)18(5)31-23)25(28)22(19)15-27(6)26(29)30-16(2)3/h11-14,16,28H,5,7-10,15H2,1-4,6H3. The van der Waals surface area contributed by atoms with E-state index in [4.69, 9.17) is 9.47 Å². The zero-order valence-electron chi connectivity index (χ0n) is 19.2. The maximum Gasteiger partial charge on any atom is 0.410 e. The Labute approximate surface area is 185 Å². The van der Waals surface area contributed by atoms with Gasteiger partial charge < -0.3 is 19.5 Å². The third-order valence-electron chi connectivity index (χ3n) is 5.53. The fraction of sp³-hybridized carbons (Fsp3) is 0.423. The van der Waals surface area contributed by atoms with Crippen molar-refractivity contribution in [2.75, 3.05) is 7.05 Å². The molecule has 5 heteroatoms. The third-order valence-corrected chi connectivity index (χ3v) is 5.53. The number of hydrogen-bond acceptors (Lipinski definition) is 4. The van der Waals surface area contributed by atoms with Crippen molar-refractivity contribution in [1.29, 1.82) is 0 Å². The van der Waals surface area contributed by atoms with E-state index in [0.29, 0.717) is 17.1 Å². The van der Waals surface area contributed by atoms with E-state index >= 15 is 0 Å². The number of phenolic OH excluding ortho intramolecular Hbond substituents is 1. The van der Waals surface area contributed by atoms with Crippen molar-refractivity contribution in [3.63, 3.8) is 0 Å². The minimum absolute atomic E-state index is 0.160. The summed E-state index contributed by atoms with van der Waals surface area (Å²) < 4.78 is 11.4. The van der Waals surface area contributed by atoms with Crippen LogP contribution in [0.1, 0.15) is 62.3 Å². The summed E-state index contributed by atoms with van der Waals surface area (Å²) in [6, 6.07) is 8.01. The molecule has 2 aromatic carbocycles. The van der Waals surface area contributed by atoms with E-state index in [-0.39, 0.29) is 18.4 Å². The number of amides is 1. The maximum atomic E-state index is 12.4. The van der Waals surface area contributed by atoms with Gasteiger partial charge >= 0.3 is 6.09 Å². The van der Waals surface area contributed by atoms with E-state index in [1.165, 1.54) is 4.90 Å². The lowest BCUT2D eigenvalue weighted by atomic mass is 9.88. The summed E-state index contributed by atoms with van der Waals surface area (Å²) in [5.74, 6) is 1.35. The summed E-state index contributed by atoms with van der Waals surface area (Å²) >= 11 is 0. The maximum absolute atomic E-state index is 12.4. The number of phenols is 1. The first-order chi connectivity index (χ1) is 14.7. The topological polar surface area (TPSA) is 59.0 Å². The highest BCUT2D eigenvalue weighted by Crippen LogP contribution is 2.49. The SMILES string of the molecule is C=C1Oc2cc(CCCCC)c(CN(C)C(=O)OC(C)C)c(O)c2-c2cc(C)ccc21. The Morgan fingerprint density at radius 1 is 1.23 bits per heavy atom. The van der Waals surface area contributed by atoms with Gasteiger partial charge in [0.1, 0.15) is 17.3 Å². The summed E-state index contributed by atoms with van der Waals surface area (Å²) in [5, 5.41) is 11.4. The van der Waals surface area contributed by atoms with Crippen LogP contribution < -0.4 is 4.74 Å². The smallest absolute Gasteiger partial charge is 0.410 e. The van der Waals surface area contributed by atoms with Crippen LogP contribution in [0.3, 0.4) is 0 Å². The molecule has 0 saturated carbocycles. The molecule has 1 amide bonds. The second kappa shape index (κ2) is 9.46. The highest BCUT2D eigenvalue weighted by Gasteiger charge is 2.28. The summed E-state index contributed by atoms with van der Waals surface area (Å²) in [6.07, 6.45) is 3.38. The number of nitrogens with zero attached hydrogens (tertiary/aromatic N) is 1. The number of fused-ring (bicyclic) bond motifs is 3. The molecule has 0 bridgehead atoms. The van der Waals surface area contributed by atoms with E-state index in [9.17, 15) is 9.90 Å². The normalized spacial score (nSPS) is 12.3. The van der Waals surface area contributed by atoms with Gasteiger partial charge in [0.2, 0.25) is 0 Å². The highest BCUT2D eigenvalue weighted by atomic mass is 16.6. The van der Waals surface area contributed by atoms with Crippen molar-refractivity contribution in [1.82, 2.24) is 4.90 Å². The molecule has 5 nitrogen and oxygen atoms in total. The zero-order valence-corrected chi connectivity index (χ0v) is 19.2. The average Bonchev–Trinajstić information content (AvgIpc) is 2.69. The van der Waals surface area contributed by atoms with Crippen LogP contribution in [-0.4, -0.2) is 29.3 Å². The first-order valence-corrected chi connectivity index (χ1v) is 11.0. The summed E-state index contributed by atoms with van der Waals surface area (Å²) in [7, 11) is 1.69. The number of ether oxygens (including phenoxy) is 2. The largest absolute Gasteiger partial charge is 0.507 e.